The fourth-order valence-corrected chi connectivity index (χ4v) is 2.55. The first-order chi connectivity index (χ1) is 11.0. The fraction of sp³-hybridized carbons (Fsp3) is 0.316. The van der Waals surface area contributed by atoms with Crippen LogP contribution < -0.4 is 4.74 Å². The van der Waals surface area contributed by atoms with Crippen molar-refractivity contribution in [3.63, 3.8) is 0 Å². The number of carbonyl (C=O) groups is 1. The second kappa shape index (κ2) is 7.77. The molecule has 0 heterocycles. The number of carboxylic acid groups (broad SMARTS) is 1. The zero-order valence-electron chi connectivity index (χ0n) is 13.3. The van der Waals surface area contributed by atoms with Crippen molar-refractivity contribution in [1.29, 1.82) is 0 Å². The molecule has 0 radical (unpaired) electrons. The highest BCUT2D eigenvalue weighted by Gasteiger charge is 2.23. The highest BCUT2D eigenvalue weighted by atomic mass is 19.1. The van der Waals surface area contributed by atoms with Gasteiger partial charge in [0.2, 0.25) is 0 Å². The van der Waals surface area contributed by atoms with Crippen LogP contribution in [-0.4, -0.2) is 17.7 Å². The van der Waals surface area contributed by atoms with Crippen LogP contribution in [0.4, 0.5) is 4.39 Å². The topological polar surface area (TPSA) is 46.5 Å². The summed E-state index contributed by atoms with van der Waals surface area (Å²) in [6.07, 6.45) is 0.211. The third-order valence-corrected chi connectivity index (χ3v) is 3.78. The van der Waals surface area contributed by atoms with E-state index in [1.807, 2.05) is 24.3 Å². The first-order valence-electron chi connectivity index (χ1n) is 7.69. The summed E-state index contributed by atoms with van der Waals surface area (Å²) < 4.78 is 19.6. The van der Waals surface area contributed by atoms with Crippen LogP contribution in [0, 0.1) is 5.82 Å². The molecule has 1 N–H and O–H groups in total. The van der Waals surface area contributed by atoms with Gasteiger partial charge in [-0.1, -0.05) is 50.2 Å². The molecule has 0 saturated carbocycles. The van der Waals surface area contributed by atoms with Gasteiger partial charge >= 0.3 is 5.97 Å². The minimum absolute atomic E-state index is 0.195. The lowest BCUT2D eigenvalue weighted by atomic mass is 9.95. The van der Waals surface area contributed by atoms with Crippen molar-refractivity contribution >= 4 is 5.97 Å². The number of carboxylic acids is 1. The van der Waals surface area contributed by atoms with Crippen LogP contribution in [-0.2, 0) is 4.79 Å². The summed E-state index contributed by atoms with van der Waals surface area (Å²) in [7, 11) is 0. The lowest BCUT2D eigenvalue weighted by Gasteiger charge is -2.17. The first-order valence-corrected chi connectivity index (χ1v) is 7.69. The Balaban J connectivity index is 2.07. The number of para-hydroxylation sites is 1. The van der Waals surface area contributed by atoms with Crippen LogP contribution in [0.5, 0.6) is 5.75 Å². The molecule has 1 unspecified atom stereocenters. The molecule has 3 nitrogen and oxygen atoms in total. The minimum atomic E-state index is -1.05. The van der Waals surface area contributed by atoms with Crippen molar-refractivity contribution in [3.05, 3.63) is 65.5 Å². The van der Waals surface area contributed by atoms with Gasteiger partial charge in [-0.15, -0.1) is 0 Å². The van der Waals surface area contributed by atoms with Gasteiger partial charge in [-0.3, -0.25) is 4.79 Å². The number of ether oxygens (including phenoxy) is 1. The fourth-order valence-electron chi connectivity index (χ4n) is 2.55. The van der Waals surface area contributed by atoms with Crippen molar-refractivity contribution < 1.29 is 19.0 Å². The van der Waals surface area contributed by atoms with E-state index in [0.29, 0.717) is 5.92 Å². The van der Waals surface area contributed by atoms with Gasteiger partial charge in [-0.05, 0) is 30.0 Å². The van der Waals surface area contributed by atoms with Gasteiger partial charge in [0.25, 0.3) is 0 Å². The zero-order valence-corrected chi connectivity index (χ0v) is 13.3. The second-order valence-electron chi connectivity index (χ2n) is 5.74. The van der Waals surface area contributed by atoms with Crippen LogP contribution in [0.2, 0.25) is 0 Å². The van der Waals surface area contributed by atoms with E-state index in [1.165, 1.54) is 12.1 Å². The van der Waals surface area contributed by atoms with Crippen molar-refractivity contribution in [2.24, 2.45) is 0 Å². The SMILES string of the molecule is CC(C)c1ccccc1OCCC(C(=O)O)c1ccccc1F. The van der Waals surface area contributed by atoms with Crippen LogP contribution in [0.1, 0.15) is 43.2 Å². The smallest absolute Gasteiger partial charge is 0.311 e. The number of benzene rings is 2. The Labute approximate surface area is 135 Å². The Hall–Kier alpha value is -2.36. The van der Waals surface area contributed by atoms with E-state index >= 15 is 0 Å². The number of aliphatic carboxylic acids is 1. The van der Waals surface area contributed by atoms with E-state index in [2.05, 4.69) is 13.8 Å². The van der Waals surface area contributed by atoms with E-state index < -0.39 is 17.7 Å². The number of halogens is 1. The maximum absolute atomic E-state index is 13.8. The lowest BCUT2D eigenvalue weighted by molar-refractivity contribution is -0.139. The predicted molar refractivity (Wildman–Crippen MR) is 87.4 cm³/mol. The molecule has 0 spiro atoms. The van der Waals surface area contributed by atoms with E-state index in [9.17, 15) is 14.3 Å². The van der Waals surface area contributed by atoms with Crippen LogP contribution in [0.25, 0.3) is 0 Å². The maximum Gasteiger partial charge on any atom is 0.311 e. The highest BCUT2D eigenvalue weighted by Crippen LogP contribution is 2.27. The van der Waals surface area contributed by atoms with Crippen molar-refractivity contribution in [2.75, 3.05) is 6.61 Å². The number of hydrogen-bond donors (Lipinski definition) is 1. The minimum Gasteiger partial charge on any atom is -0.493 e. The lowest BCUT2D eigenvalue weighted by Crippen LogP contribution is -2.16. The van der Waals surface area contributed by atoms with Crippen molar-refractivity contribution in [1.82, 2.24) is 0 Å². The molecule has 2 aromatic rings. The third-order valence-electron chi connectivity index (χ3n) is 3.78. The molecule has 4 heteroatoms. The average molecular weight is 316 g/mol. The molecule has 0 saturated heterocycles. The predicted octanol–water partition coefficient (Wildman–Crippen LogP) is 4.59. The summed E-state index contributed by atoms with van der Waals surface area (Å²) in [5.41, 5.74) is 1.27. The standard InChI is InChI=1S/C19H21FO3/c1-13(2)14-7-4-6-10-18(14)23-12-11-16(19(21)22)15-8-3-5-9-17(15)20/h3-10,13,16H,11-12H2,1-2H3,(H,21,22). The molecule has 0 aliphatic carbocycles. The van der Waals surface area contributed by atoms with Gasteiger partial charge in [-0.25, -0.2) is 4.39 Å². The molecule has 0 aliphatic rings. The van der Waals surface area contributed by atoms with Gasteiger partial charge in [-0.2, -0.15) is 0 Å². The molecular weight excluding hydrogens is 295 g/mol. The summed E-state index contributed by atoms with van der Waals surface area (Å²) >= 11 is 0. The third kappa shape index (κ3) is 4.31. The Morgan fingerprint density at radius 2 is 1.70 bits per heavy atom. The van der Waals surface area contributed by atoms with Crippen LogP contribution >= 0.6 is 0 Å². The maximum atomic E-state index is 13.8. The average Bonchev–Trinajstić information content (AvgIpc) is 2.52. The van der Waals surface area contributed by atoms with E-state index in [1.54, 1.807) is 12.1 Å². The number of rotatable bonds is 7. The molecule has 0 aromatic heterocycles. The van der Waals surface area contributed by atoms with Crippen LogP contribution in [0.3, 0.4) is 0 Å². The summed E-state index contributed by atoms with van der Waals surface area (Å²) in [5.74, 6) is -1.39. The molecule has 0 aliphatic heterocycles. The molecule has 2 aromatic carbocycles. The normalized spacial score (nSPS) is 12.2. The molecular formula is C19H21FO3. The summed E-state index contributed by atoms with van der Waals surface area (Å²) in [6, 6.07) is 13.7. The Bertz CT molecular complexity index is 667. The largest absolute Gasteiger partial charge is 0.493 e. The molecule has 1 atom stereocenters. The van der Waals surface area contributed by atoms with Gasteiger partial charge < -0.3 is 9.84 Å². The van der Waals surface area contributed by atoms with Crippen molar-refractivity contribution in [2.45, 2.75) is 32.1 Å². The molecule has 0 amide bonds. The molecule has 122 valence electrons. The summed E-state index contributed by atoms with van der Waals surface area (Å²) in [5, 5.41) is 9.37. The van der Waals surface area contributed by atoms with Gasteiger partial charge in [0.1, 0.15) is 11.6 Å². The van der Waals surface area contributed by atoms with E-state index in [0.717, 1.165) is 11.3 Å². The molecule has 0 bridgehead atoms. The molecule has 0 fully saturated rings. The highest BCUT2D eigenvalue weighted by molar-refractivity contribution is 5.76. The zero-order chi connectivity index (χ0) is 16.8. The monoisotopic (exact) mass is 316 g/mol. The first kappa shape index (κ1) is 17.0. The number of hydrogen-bond acceptors (Lipinski definition) is 2. The van der Waals surface area contributed by atoms with Crippen molar-refractivity contribution in [3.8, 4) is 5.75 Å². The van der Waals surface area contributed by atoms with Gasteiger partial charge in [0, 0.05) is 5.56 Å². The quantitative estimate of drug-likeness (QED) is 0.813. The Morgan fingerprint density at radius 1 is 1.09 bits per heavy atom. The van der Waals surface area contributed by atoms with E-state index in [-0.39, 0.29) is 18.6 Å². The second-order valence-corrected chi connectivity index (χ2v) is 5.74. The Morgan fingerprint density at radius 3 is 2.30 bits per heavy atom. The summed E-state index contributed by atoms with van der Waals surface area (Å²) in [6.45, 7) is 4.36. The van der Waals surface area contributed by atoms with Gasteiger partial charge in [0.05, 0.1) is 12.5 Å². The summed E-state index contributed by atoms with van der Waals surface area (Å²) in [4.78, 5) is 11.4. The van der Waals surface area contributed by atoms with Gasteiger partial charge in [0.15, 0.2) is 0 Å². The molecule has 23 heavy (non-hydrogen) atoms. The Kier molecular flexibility index (Phi) is 5.74. The van der Waals surface area contributed by atoms with E-state index in [4.69, 9.17) is 4.74 Å². The molecule has 2 rings (SSSR count). The van der Waals surface area contributed by atoms with Crippen LogP contribution in [0.15, 0.2) is 48.5 Å².